The van der Waals surface area contributed by atoms with Gasteiger partial charge >= 0.3 is 11.7 Å². The smallest absolute Gasteiger partial charge is 0.349 e. The van der Waals surface area contributed by atoms with E-state index in [4.69, 9.17) is 14.2 Å². The number of methoxy groups -OCH3 is 1. The van der Waals surface area contributed by atoms with Crippen LogP contribution < -0.4 is 14.2 Å². The second kappa shape index (κ2) is 8.05. The molecule has 3 aromatic rings. The van der Waals surface area contributed by atoms with Crippen molar-refractivity contribution in [1.29, 1.82) is 0 Å². The Hall–Kier alpha value is -3.13. The summed E-state index contributed by atoms with van der Waals surface area (Å²) in [6.07, 6.45) is 0. The van der Waals surface area contributed by atoms with E-state index in [0.29, 0.717) is 11.5 Å². The third-order valence-electron chi connectivity index (χ3n) is 3.72. The summed E-state index contributed by atoms with van der Waals surface area (Å²) in [6, 6.07) is 15.2. The minimum atomic E-state index is -0.751. The Bertz CT molecular complexity index is 1020. The number of hydrogen-bond donors (Lipinski definition) is 0. The number of nitro groups is 1. The fourth-order valence-electron chi connectivity index (χ4n) is 2.43. The average molecular weight is 432 g/mol. The highest BCUT2D eigenvalue weighted by molar-refractivity contribution is 9.10. The molecule has 0 radical (unpaired) electrons. The summed E-state index contributed by atoms with van der Waals surface area (Å²) in [5, 5.41) is 13.1. The first kappa shape index (κ1) is 18.7. The van der Waals surface area contributed by atoms with Gasteiger partial charge in [-0.25, -0.2) is 4.79 Å². The number of halogens is 1. The largest absolute Gasteiger partial charge is 0.496 e. The summed E-state index contributed by atoms with van der Waals surface area (Å²) in [5.74, 6) is -0.136. The molecule has 0 aliphatic heterocycles. The molecule has 0 fully saturated rings. The quantitative estimate of drug-likeness (QED) is 0.247. The highest BCUT2D eigenvalue weighted by Crippen LogP contribution is 2.31. The number of ether oxygens (including phenoxy) is 3. The van der Waals surface area contributed by atoms with Crippen molar-refractivity contribution >= 4 is 38.4 Å². The first-order valence-corrected chi connectivity index (χ1v) is 8.61. The van der Waals surface area contributed by atoms with Crippen LogP contribution in [0.3, 0.4) is 0 Å². The van der Waals surface area contributed by atoms with E-state index in [1.54, 1.807) is 12.1 Å². The highest BCUT2D eigenvalue weighted by Gasteiger charge is 2.19. The Morgan fingerprint density at radius 1 is 1.04 bits per heavy atom. The van der Waals surface area contributed by atoms with Crippen LogP contribution in [-0.2, 0) is 4.79 Å². The zero-order chi connectivity index (χ0) is 19.4. The molecule has 0 bridgehead atoms. The summed E-state index contributed by atoms with van der Waals surface area (Å²) < 4.78 is 16.4. The Kier molecular flexibility index (Phi) is 5.56. The Morgan fingerprint density at radius 2 is 1.74 bits per heavy atom. The normalized spacial score (nSPS) is 10.4. The van der Waals surface area contributed by atoms with Gasteiger partial charge in [-0.2, -0.15) is 0 Å². The second-order valence-corrected chi connectivity index (χ2v) is 6.42. The Morgan fingerprint density at radius 3 is 2.48 bits per heavy atom. The highest BCUT2D eigenvalue weighted by atomic mass is 79.9. The van der Waals surface area contributed by atoms with Crippen LogP contribution in [-0.4, -0.2) is 24.6 Å². The van der Waals surface area contributed by atoms with E-state index in [2.05, 4.69) is 15.9 Å². The van der Waals surface area contributed by atoms with E-state index in [1.165, 1.54) is 25.3 Å². The van der Waals surface area contributed by atoms with Gasteiger partial charge in [-0.15, -0.1) is 0 Å². The number of carbonyl (C=O) groups excluding carboxylic acids is 1. The van der Waals surface area contributed by atoms with Crippen LogP contribution >= 0.6 is 15.9 Å². The summed E-state index contributed by atoms with van der Waals surface area (Å²) in [4.78, 5) is 22.5. The van der Waals surface area contributed by atoms with Gasteiger partial charge in [0.05, 0.1) is 18.1 Å². The molecule has 0 aliphatic rings. The van der Waals surface area contributed by atoms with Gasteiger partial charge in [0.1, 0.15) is 11.5 Å². The number of esters is 1. The van der Waals surface area contributed by atoms with Crippen LogP contribution in [0.1, 0.15) is 0 Å². The van der Waals surface area contributed by atoms with E-state index in [9.17, 15) is 14.9 Å². The topological polar surface area (TPSA) is 87.9 Å². The van der Waals surface area contributed by atoms with Crippen molar-refractivity contribution in [3.05, 3.63) is 69.2 Å². The first-order valence-electron chi connectivity index (χ1n) is 7.81. The lowest BCUT2D eigenvalue weighted by atomic mass is 10.1. The van der Waals surface area contributed by atoms with E-state index in [-0.39, 0.29) is 18.0 Å². The minimum Gasteiger partial charge on any atom is -0.496 e. The monoisotopic (exact) mass is 431 g/mol. The number of nitrogens with zero attached hydrogens (tertiary/aromatic N) is 1. The van der Waals surface area contributed by atoms with E-state index in [0.717, 1.165) is 15.2 Å². The molecule has 0 saturated carbocycles. The van der Waals surface area contributed by atoms with Gasteiger partial charge in [0.15, 0.2) is 6.61 Å². The van der Waals surface area contributed by atoms with E-state index >= 15 is 0 Å². The van der Waals surface area contributed by atoms with Crippen LogP contribution in [0, 0.1) is 10.1 Å². The molecule has 138 valence electrons. The van der Waals surface area contributed by atoms with Crippen molar-refractivity contribution in [2.75, 3.05) is 13.7 Å². The molecular weight excluding hydrogens is 418 g/mol. The average Bonchev–Trinajstić information content (AvgIpc) is 2.66. The molecule has 3 aromatic carbocycles. The predicted molar refractivity (Wildman–Crippen MR) is 102 cm³/mol. The molecule has 8 heteroatoms. The maximum Gasteiger partial charge on any atom is 0.349 e. The van der Waals surface area contributed by atoms with Crippen LogP contribution in [0.5, 0.6) is 17.2 Å². The maximum absolute atomic E-state index is 12.0. The van der Waals surface area contributed by atoms with Crippen molar-refractivity contribution < 1.29 is 23.9 Å². The number of fused-ring (bicyclic) bond motifs is 1. The Labute approximate surface area is 162 Å². The molecule has 27 heavy (non-hydrogen) atoms. The fraction of sp³-hybridized carbons (Fsp3) is 0.105. The van der Waals surface area contributed by atoms with Crippen molar-refractivity contribution in [3.63, 3.8) is 0 Å². The van der Waals surface area contributed by atoms with Gasteiger partial charge in [0.25, 0.3) is 0 Å². The van der Waals surface area contributed by atoms with Crippen LogP contribution in [0.4, 0.5) is 5.69 Å². The first-order chi connectivity index (χ1) is 13.0. The zero-order valence-electron chi connectivity index (χ0n) is 14.2. The van der Waals surface area contributed by atoms with Crippen LogP contribution in [0.25, 0.3) is 10.8 Å². The molecule has 3 rings (SSSR count). The molecule has 0 saturated heterocycles. The number of hydrogen-bond acceptors (Lipinski definition) is 6. The summed E-state index contributed by atoms with van der Waals surface area (Å²) >= 11 is 3.41. The zero-order valence-corrected chi connectivity index (χ0v) is 15.8. The molecule has 0 spiro atoms. The lowest BCUT2D eigenvalue weighted by Crippen LogP contribution is -2.18. The maximum atomic E-state index is 12.0. The number of benzene rings is 3. The van der Waals surface area contributed by atoms with Crippen LogP contribution in [0.2, 0.25) is 0 Å². The summed E-state index contributed by atoms with van der Waals surface area (Å²) in [6.45, 7) is -0.384. The molecule has 0 heterocycles. The van der Waals surface area contributed by atoms with Gasteiger partial charge in [-0.3, -0.25) is 10.1 Å². The third-order valence-corrected chi connectivity index (χ3v) is 4.21. The molecule has 7 nitrogen and oxygen atoms in total. The number of nitro benzene ring substituents is 1. The van der Waals surface area contributed by atoms with Crippen molar-refractivity contribution in [2.24, 2.45) is 0 Å². The lowest BCUT2D eigenvalue weighted by Gasteiger charge is -2.09. The van der Waals surface area contributed by atoms with Gasteiger partial charge in [-0.1, -0.05) is 28.1 Å². The molecule has 0 aromatic heterocycles. The second-order valence-electron chi connectivity index (χ2n) is 5.51. The number of rotatable bonds is 6. The minimum absolute atomic E-state index is 0.169. The molecule has 0 aliphatic carbocycles. The van der Waals surface area contributed by atoms with Gasteiger partial charge < -0.3 is 14.2 Å². The standard InChI is InChI=1S/C19H14BrNO6/c1-25-15-6-7-18(17(10-15)21(23)24)27-19(22)11-26-16-5-3-12-8-14(20)4-2-13(12)9-16/h2-10H,11H2,1H3. The van der Waals surface area contributed by atoms with E-state index in [1.807, 2.05) is 24.3 Å². The third kappa shape index (κ3) is 4.53. The predicted octanol–water partition coefficient (Wildman–Crippen LogP) is 4.50. The van der Waals surface area contributed by atoms with Gasteiger partial charge in [0, 0.05) is 4.47 Å². The molecule has 0 unspecified atom stereocenters. The van der Waals surface area contributed by atoms with Crippen molar-refractivity contribution in [2.45, 2.75) is 0 Å². The Balaban J connectivity index is 1.68. The van der Waals surface area contributed by atoms with Gasteiger partial charge in [0.2, 0.25) is 5.75 Å². The summed E-state index contributed by atoms with van der Waals surface area (Å²) in [7, 11) is 1.39. The molecule has 0 atom stereocenters. The molecular formula is C19H14BrNO6. The SMILES string of the molecule is COc1ccc(OC(=O)COc2ccc3cc(Br)ccc3c2)c([N+](=O)[O-])c1. The van der Waals surface area contributed by atoms with E-state index < -0.39 is 10.9 Å². The van der Waals surface area contributed by atoms with Crippen LogP contribution in [0.15, 0.2) is 59.1 Å². The summed E-state index contributed by atoms with van der Waals surface area (Å²) in [5.41, 5.74) is -0.362. The van der Waals surface area contributed by atoms with Gasteiger partial charge in [-0.05, 0) is 47.2 Å². The fourth-order valence-corrected chi connectivity index (χ4v) is 2.81. The lowest BCUT2D eigenvalue weighted by molar-refractivity contribution is -0.385. The molecule has 0 amide bonds. The van der Waals surface area contributed by atoms with Crippen molar-refractivity contribution in [1.82, 2.24) is 0 Å². The van der Waals surface area contributed by atoms with Crippen molar-refractivity contribution in [3.8, 4) is 17.2 Å². The molecule has 0 N–H and O–H groups in total. The number of carbonyl (C=O) groups is 1.